The van der Waals surface area contributed by atoms with Crippen molar-refractivity contribution in [3.05, 3.63) is 36.0 Å². The van der Waals surface area contributed by atoms with E-state index in [2.05, 4.69) is 22.9 Å². The number of aliphatic hydroxyl groups is 3. The summed E-state index contributed by atoms with van der Waals surface area (Å²) in [4.78, 5) is 0. The second kappa shape index (κ2) is 6.58. The number of benzene rings is 1. The Kier molecular flexibility index (Phi) is 4.69. The van der Waals surface area contributed by atoms with Crippen LogP contribution in [0.1, 0.15) is 11.6 Å². The van der Waals surface area contributed by atoms with Gasteiger partial charge in [0.05, 0.1) is 12.8 Å². The molecule has 0 spiro atoms. The number of hydrogen-bond donors (Lipinski definition) is 4. The Morgan fingerprint density at radius 3 is 2.70 bits per heavy atom. The highest BCUT2D eigenvalue weighted by atomic mass is 32.1. The standard InChI is InChI=1S/C15H19N3O4S/c1-8-4-2-3-5-9(8)10-6-18(17-16-10)12-13(20)11(7-19)22-15(23)14(12)21/h2-6,11-15,19-21,23H,7H2,1H3/t11?,12-,13-,14?,15-/m0/s1. The molecule has 2 aromatic rings. The molecule has 0 bridgehead atoms. The summed E-state index contributed by atoms with van der Waals surface area (Å²) in [5.74, 6) is 0. The third-order valence-corrected chi connectivity index (χ3v) is 4.53. The highest BCUT2D eigenvalue weighted by Crippen LogP contribution is 2.32. The minimum absolute atomic E-state index is 0.374. The smallest absolute Gasteiger partial charge is 0.129 e. The molecular formula is C15H19N3O4S. The van der Waals surface area contributed by atoms with Crippen molar-refractivity contribution in [2.75, 3.05) is 6.61 Å². The summed E-state index contributed by atoms with van der Waals surface area (Å²) in [7, 11) is 0. The van der Waals surface area contributed by atoms with E-state index in [-0.39, 0.29) is 6.61 Å². The zero-order chi connectivity index (χ0) is 16.6. The van der Waals surface area contributed by atoms with E-state index in [1.165, 1.54) is 4.68 Å². The first-order valence-corrected chi connectivity index (χ1v) is 7.83. The number of rotatable bonds is 3. The molecule has 1 aliphatic rings. The Bertz CT molecular complexity index is 680. The Morgan fingerprint density at radius 1 is 1.26 bits per heavy atom. The van der Waals surface area contributed by atoms with Gasteiger partial charge < -0.3 is 20.1 Å². The average molecular weight is 337 g/mol. The number of aromatic nitrogens is 3. The lowest BCUT2D eigenvalue weighted by Crippen LogP contribution is -2.54. The van der Waals surface area contributed by atoms with E-state index >= 15 is 0 Å². The molecule has 0 saturated carbocycles. The number of ether oxygens (including phenoxy) is 1. The van der Waals surface area contributed by atoms with Crippen molar-refractivity contribution >= 4 is 12.6 Å². The maximum Gasteiger partial charge on any atom is 0.129 e. The van der Waals surface area contributed by atoms with Gasteiger partial charge in [-0.3, -0.25) is 0 Å². The molecule has 5 atom stereocenters. The number of thiol groups is 1. The summed E-state index contributed by atoms with van der Waals surface area (Å²) >= 11 is 4.16. The third kappa shape index (κ3) is 3.00. The molecule has 3 rings (SSSR count). The molecular weight excluding hydrogens is 318 g/mol. The molecule has 23 heavy (non-hydrogen) atoms. The second-order valence-electron chi connectivity index (χ2n) is 5.62. The first-order valence-electron chi connectivity index (χ1n) is 7.31. The van der Waals surface area contributed by atoms with Crippen molar-refractivity contribution in [3.63, 3.8) is 0 Å². The minimum Gasteiger partial charge on any atom is -0.394 e. The third-order valence-electron chi connectivity index (χ3n) is 4.10. The fraction of sp³-hybridized carbons (Fsp3) is 0.467. The van der Waals surface area contributed by atoms with Gasteiger partial charge in [-0.2, -0.15) is 0 Å². The van der Waals surface area contributed by atoms with Crippen LogP contribution < -0.4 is 0 Å². The molecule has 8 heteroatoms. The largest absolute Gasteiger partial charge is 0.394 e. The Hall–Kier alpha value is -1.45. The lowest BCUT2D eigenvalue weighted by molar-refractivity contribution is -0.178. The molecule has 1 fully saturated rings. The summed E-state index contributed by atoms with van der Waals surface area (Å²) in [6.07, 6.45) is -1.37. The SMILES string of the molecule is Cc1ccccc1-c1cn([C@@H]2C(O)[C@H](S)OC(CO)[C@@H]2O)nn1. The lowest BCUT2D eigenvalue weighted by Gasteiger charge is -2.40. The van der Waals surface area contributed by atoms with Crippen LogP contribution in [0.2, 0.25) is 0 Å². The van der Waals surface area contributed by atoms with Crippen LogP contribution in [0.25, 0.3) is 11.3 Å². The van der Waals surface area contributed by atoms with Crippen LogP contribution in [0.3, 0.4) is 0 Å². The zero-order valence-electron chi connectivity index (χ0n) is 12.5. The topological polar surface area (TPSA) is 101 Å². The van der Waals surface area contributed by atoms with Crippen LogP contribution in [-0.4, -0.2) is 60.7 Å². The fourth-order valence-electron chi connectivity index (χ4n) is 2.80. The van der Waals surface area contributed by atoms with E-state index in [4.69, 9.17) is 4.74 Å². The van der Waals surface area contributed by atoms with Gasteiger partial charge in [0, 0.05) is 5.56 Å². The van der Waals surface area contributed by atoms with Gasteiger partial charge in [-0.1, -0.05) is 29.5 Å². The molecule has 1 saturated heterocycles. The molecule has 1 aliphatic heterocycles. The monoisotopic (exact) mass is 337 g/mol. The fourth-order valence-corrected chi connectivity index (χ4v) is 3.13. The minimum atomic E-state index is -1.12. The predicted molar refractivity (Wildman–Crippen MR) is 86.0 cm³/mol. The van der Waals surface area contributed by atoms with Crippen molar-refractivity contribution in [2.45, 2.75) is 36.7 Å². The van der Waals surface area contributed by atoms with E-state index in [1.54, 1.807) is 6.20 Å². The summed E-state index contributed by atoms with van der Waals surface area (Å²) in [5.41, 5.74) is 1.79. The van der Waals surface area contributed by atoms with E-state index in [0.29, 0.717) is 5.69 Å². The molecule has 0 aliphatic carbocycles. The summed E-state index contributed by atoms with van der Waals surface area (Å²) in [6.45, 7) is 1.60. The van der Waals surface area contributed by atoms with Crippen LogP contribution in [0.4, 0.5) is 0 Å². The van der Waals surface area contributed by atoms with E-state index in [0.717, 1.165) is 11.1 Å². The van der Waals surface area contributed by atoms with Crippen molar-refractivity contribution < 1.29 is 20.1 Å². The molecule has 124 valence electrons. The summed E-state index contributed by atoms with van der Waals surface area (Å²) in [5, 5.41) is 38.1. The van der Waals surface area contributed by atoms with Gasteiger partial charge in [-0.15, -0.1) is 17.7 Å². The first-order chi connectivity index (χ1) is 11.0. The molecule has 0 radical (unpaired) electrons. The average Bonchev–Trinajstić information content (AvgIpc) is 3.01. The van der Waals surface area contributed by atoms with Crippen LogP contribution >= 0.6 is 12.6 Å². The summed E-state index contributed by atoms with van der Waals surface area (Å²) < 4.78 is 6.68. The Morgan fingerprint density at radius 2 is 2.00 bits per heavy atom. The normalized spacial score (nSPS) is 31.3. The predicted octanol–water partition coefficient (Wildman–Crippen LogP) is 0.163. The zero-order valence-corrected chi connectivity index (χ0v) is 13.4. The molecule has 1 aromatic carbocycles. The van der Waals surface area contributed by atoms with Crippen LogP contribution in [0.5, 0.6) is 0 Å². The van der Waals surface area contributed by atoms with Crippen LogP contribution in [0.15, 0.2) is 30.5 Å². The van der Waals surface area contributed by atoms with Crippen molar-refractivity contribution in [1.29, 1.82) is 0 Å². The molecule has 2 unspecified atom stereocenters. The number of hydrogen-bond acceptors (Lipinski definition) is 7. The highest BCUT2D eigenvalue weighted by Gasteiger charge is 2.44. The van der Waals surface area contributed by atoms with Gasteiger partial charge in [0.1, 0.15) is 35.5 Å². The molecule has 3 N–H and O–H groups in total. The molecule has 0 amide bonds. The number of nitrogens with zero attached hydrogens (tertiary/aromatic N) is 3. The van der Waals surface area contributed by atoms with Crippen molar-refractivity contribution in [1.82, 2.24) is 15.0 Å². The van der Waals surface area contributed by atoms with Gasteiger partial charge in [0.15, 0.2) is 0 Å². The highest BCUT2D eigenvalue weighted by molar-refractivity contribution is 7.80. The maximum atomic E-state index is 10.3. The number of aliphatic hydroxyl groups excluding tert-OH is 3. The molecule has 2 heterocycles. The van der Waals surface area contributed by atoms with Gasteiger partial charge in [-0.05, 0) is 12.5 Å². The lowest BCUT2D eigenvalue weighted by atomic mass is 9.97. The van der Waals surface area contributed by atoms with E-state index in [9.17, 15) is 15.3 Å². The Labute approximate surface area is 138 Å². The quantitative estimate of drug-likeness (QED) is 0.596. The molecule has 7 nitrogen and oxygen atoms in total. The van der Waals surface area contributed by atoms with Gasteiger partial charge in [-0.25, -0.2) is 4.68 Å². The first kappa shape index (κ1) is 16.4. The molecule has 1 aromatic heterocycles. The number of aryl methyl sites for hydroxylation is 1. The van der Waals surface area contributed by atoms with Crippen molar-refractivity contribution in [2.24, 2.45) is 0 Å². The Balaban J connectivity index is 1.94. The second-order valence-corrected chi connectivity index (χ2v) is 6.13. The van der Waals surface area contributed by atoms with E-state index in [1.807, 2.05) is 31.2 Å². The van der Waals surface area contributed by atoms with Gasteiger partial charge in [0.25, 0.3) is 0 Å². The van der Waals surface area contributed by atoms with Gasteiger partial charge in [0.2, 0.25) is 0 Å². The summed E-state index contributed by atoms with van der Waals surface area (Å²) in [6, 6.07) is 6.95. The van der Waals surface area contributed by atoms with E-state index < -0.39 is 29.8 Å². The maximum absolute atomic E-state index is 10.3. The van der Waals surface area contributed by atoms with Crippen LogP contribution in [0, 0.1) is 6.92 Å². The van der Waals surface area contributed by atoms with Crippen LogP contribution in [-0.2, 0) is 4.74 Å². The van der Waals surface area contributed by atoms with Crippen molar-refractivity contribution in [3.8, 4) is 11.3 Å². The van der Waals surface area contributed by atoms with Gasteiger partial charge >= 0.3 is 0 Å².